The second kappa shape index (κ2) is 10.6. The highest BCUT2D eigenvalue weighted by Crippen LogP contribution is 2.25. The average Bonchev–Trinajstić information content (AvgIpc) is 2.80. The number of ether oxygens (including phenoxy) is 1. The Balaban J connectivity index is 0.000000367. The number of benzene rings is 1. The van der Waals surface area contributed by atoms with E-state index in [1.54, 1.807) is 31.4 Å². The van der Waals surface area contributed by atoms with E-state index >= 15 is 0 Å². The lowest BCUT2D eigenvalue weighted by Crippen LogP contribution is -2.30. The molecular weight excluding hydrogens is 380 g/mol. The largest absolute Gasteiger partial charge is 0.379 e. The van der Waals surface area contributed by atoms with Gasteiger partial charge >= 0.3 is 0 Å². The minimum atomic E-state index is 0.0827. The second-order valence-electron chi connectivity index (χ2n) is 7.05. The number of carbonyl (C=O) groups excluding carboxylic acids is 1. The number of hydrogen-bond donors (Lipinski definition) is 2. The first-order chi connectivity index (χ1) is 14.6. The molecule has 0 bridgehead atoms. The Hall–Kier alpha value is -3.10. The lowest BCUT2D eigenvalue weighted by molar-refractivity contribution is -0.127. The summed E-state index contributed by atoms with van der Waals surface area (Å²) in [5, 5.41) is 6.23. The zero-order valence-electron chi connectivity index (χ0n) is 17.7. The summed E-state index contributed by atoms with van der Waals surface area (Å²) in [6, 6.07) is 9.78. The molecule has 0 spiro atoms. The predicted molar refractivity (Wildman–Crippen MR) is 118 cm³/mol. The van der Waals surface area contributed by atoms with E-state index in [0.29, 0.717) is 12.2 Å². The molecule has 1 aromatic carbocycles. The molecular formula is C22H28N6O2. The molecule has 0 saturated carbocycles. The summed E-state index contributed by atoms with van der Waals surface area (Å²) in [5.41, 5.74) is 4.31. The van der Waals surface area contributed by atoms with Gasteiger partial charge in [0.25, 0.3) is 0 Å². The quantitative estimate of drug-likeness (QED) is 0.682. The van der Waals surface area contributed by atoms with Crippen LogP contribution in [0.1, 0.15) is 5.56 Å². The van der Waals surface area contributed by atoms with Gasteiger partial charge in [0.2, 0.25) is 5.91 Å². The lowest BCUT2D eigenvalue weighted by Gasteiger charge is -2.11. The predicted octanol–water partition coefficient (Wildman–Crippen LogP) is 1.97. The molecule has 0 aliphatic carbocycles. The Morgan fingerprint density at radius 3 is 2.40 bits per heavy atom. The van der Waals surface area contributed by atoms with Crippen molar-refractivity contribution in [2.45, 2.75) is 6.42 Å². The van der Waals surface area contributed by atoms with Gasteiger partial charge in [0.05, 0.1) is 30.8 Å². The molecule has 3 aromatic rings. The van der Waals surface area contributed by atoms with Crippen molar-refractivity contribution in [3.05, 3.63) is 48.3 Å². The van der Waals surface area contributed by atoms with Crippen molar-refractivity contribution in [1.82, 2.24) is 25.2 Å². The molecule has 0 atom stereocenters. The first-order valence-corrected chi connectivity index (χ1v) is 9.96. The summed E-state index contributed by atoms with van der Waals surface area (Å²) in [7, 11) is 5.34. The Bertz CT molecular complexity index is 960. The van der Waals surface area contributed by atoms with E-state index in [2.05, 4.69) is 25.6 Å². The van der Waals surface area contributed by atoms with E-state index in [0.717, 1.165) is 54.2 Å². The third-order valence-electron chi connectivity index (χ3n) is 4.64. The van der Waals surface area contributed by atoms with Crippen LogP contribution in [0, 0.1) is 0 Å². The number of amides is 1. The number of nitrogens with one attached hydrogen (secondary N) is 2. The van der Waals surface area contributed by atoms with Crippen LogP contribution < -0.4 is 10.6 Å². The molecule has 1 amide bonds. The van der Waals surface area contributed by atoms with Gasteiger partial charge in [-0.2, -0.15) is 0 Å². The third-order valence-corrected chi connectivity index (χ3v) is 4.64. The van der Waals surface area contributed by atoms with Crippen molar-refractivity contribution in [2.24, 2.45) is 0 Å². The zero-order valence-corrected chi connectivity index (χ0v) is 17.7. The Morgan fingerprint density at radius 2 is 1.83 bits per heavy atom. The maximum Gasteiger partial charge on any atom is 0.226 e. The van der Waals surface area contributed by atoms with Crippen LogP contribution in [-0.2, 0) is 16.0 Å². The molecule has 2 N–H and O–H groups in total. The fourth-order valence-electron chi connectivity index (χ4n) is 2.94. The van der Waals surface area contributed by atoms with Crippen LogP contribution in [0.3, 0.4) is 0 Å². The van der Waals surface area contributed by atoms with Crippen LogP contribution in [0.2, 0.25) is 0 Å². The van der Waals surface area contributed by atoms with Crippen LogP contribution in [0.5, 0.6) is 0 Å². The van der Waals surface area contributed by atoms with Crippen LogP contribution in [0.25, 0.3) is 22.3 Å². The molecule has 3 heterocycles. The molecule has 30 heavy (non-hydrogen) atoms. The smallest absolute Gasteiger partial charge is 0.226 e. The van der Waals surface area contributed by atoms with Gasteiger partial charge in [0.1, 0.15) is 5.52 Å². The van der Waals surface area contributed by atoms with Gasteiger partial charge in [-0.15, -0.1) is 0 Å². The maximum atomic E-state index is 11.8. The van der Waals surface area contributed by atoms with E-state index in [1.165, 1.54) is 0 Å². The Kier molecular flexibility index (Phi) is 7.64. The molecule has 1 aliphatic rings. The van der Waals surface area contributed by atoms with Gasteiger partial charge in [-0.25, -0.2) is 9.97 Å². The molecule has 1 aliphatic heterocycles. The zero-order chi connectivity index (χ0) is 21.3. The number of hydrogen-bond acceptors (Lipinski definition) is 7. The van der Waals surface area contributed by atoms with E-state index in [-0.39, 0.29) is 5.91 Å². The summed E-state index contributed by atoms with van der Waals surface area (Å²) in [4.78, 5) is 26.7. The van der Waals surface area contributed by atoms with Gasteiger partial charge in [0.15, 0.2) is 5.82 Å². The van der Waals surface area contributed by atoms with Crippen molar-refractivity contribution >= 4 is 22.8 Å². The van der Waals surface area contributed by atoms with Gasteiger partial charge in [0, 0.05) is 52.2 Å². The van der Waals surface area contributed by atoms with Gasteiger partial charge < -0.3 is 20.3 Å². The van der Waals surface area contributed by atoms with E-state index < -0.39 is 0 Å². The molecule has 4 rings (SSSR count). The standard InChI is InChI=1S/C18H19N5O.C4H9NO/c1-19-18-17-15(20-8-9-21-17)11-14(22-18)13-6-4-12(5-7-13)10-16(24)23(2)3;1-3-6-4-2-5-1/h4-9,11H,10H2,1-3H3,(H,19,22);5H,1-4H2. The average molecular weight is 409 g/mol. The molecule has 0 unspecified atom stereocenters. The minimum absolute atomic E-state index is 0.0827. The Morgan fingerprint density at radius 1 is 1.13 bits per heavy atom. The molecule has 158 valence electrons. The van der Waals surface area contributed by atoms with Crippen molar-refractivity contribution < 1.29 is 9.53 Å². The normalized spacial score (nSPS) is 13.3. The number of rotatable bonds is 4. The van der Waals surface area contributed by atoms with Crippen molar-refractivity contribution in [3.8, 4) is 11.3 Å². The van der Waals surface area contributed by atoms with E-state index in [1.807, 2.05) is 37.4 Å². The van der Waals surface area contributed by atoms with Crippen LogP contribution in [-0.4, -0.2) is 73.2 Å². The second-order valence-corrected chi connectivity index (χ2v) is 7.05. The van der Waals surface area contributed by atoms with E-state index in [9.17, 15) is 4.79 Å². The molecule has 1 fully saturated rings. The summed E-state index contributed by atoms with van der Waals surface area (Å²) in [6.07, 6.45) is 3.72. The SMILES string of the molecule is C1COCCN1.CNc1nc(-c2ccc(CC(=O)N(C)C)cc2)cc2nccnc12. The monoisotopic (exact) mass is 408 g/mol. The molecule has 8 nitrogen and oxygen atoms in total. The van der Waals surface area contributed by atoms with Crippen molar-refractivity contribution in [3.63, 3.8) is 0 Å². The highest BCUT2D eigenvalue weighted by Gasteiger charge is 2.10. The topological polar surface area (TPSA) is 92.3 Å². The first kappa shape index (κ1) is 21.6. The number of morpholine rings is 1. The van der Waals surface area contributed by atoms with Crippen molar-refractivity contribution in [2.75, 3.05) is 52.8 Å². The highest BCUT2D eigenvalue weighted by atomic mass is 16.5. The van der Waals surface area contributed by atoms with Gasteiger partial charge in [-0.1, -0.05) is 24.3 Å². The number of pyridine rings is 1. The molecule has 0 radical (unpaired) electrons. The number of nitrogens with zero attached hydrogens (tertiary/aromatic N) is 4. The summed E-state index contributed by atoms with van der Waals surface area (Å²) >= 11 is 0. The van der Waals surface area contributed by atoms with Crippen LogP contribution in [0.4, 0.5) is 5.82 Å². The van der Waals surface area contributed by atoms with Gasteiger partial charge in [-0.3, -0.25) is 9.78 Å². The number of aromatic nitrogens is 3. The fourth-order valence-corrected chi connectivity index (χ4v) is 2.94. The third kappa shape index (κ3) is 5.71. The maximum absolute atomic E-state index is 11.8. The number of anilines is 1. The summed E-state index contributed by atoms with van der Waals surface area (Å²) in [6.45, 7) is 3.83. The molecule has 2 aromatic heterocycles. The van der Waals surface area contributed by atoms with Gasteiger partial charge in [-0.05, 0) is 11.6 Å². The van der Waals surface area contributed by atoms with Crippen molar-refractivity contribution in [1.29, 1.82) is 0 Å². The van der Waals surface area contributed by atoms with E-state index in [4.69, 9.17) is 4.74 Å². The number of fused-ring (bicyclic) bond motifs is 1. The van der Waals surface area contributed by atoms with Crippen LogP contribution >= 0.6 is 0 Å². The molecule has 1 saturated heterocycles. The summed E-state index contributed by atoms with van der Waals surface area (Å²) < 4.78 is 5.01. The fraction of sp³-hybridized carbons (Fsp3) is 0.364. The number of likely N-dealkylation sites (N-methyl/N-ethyl adjacent to an activating group) is 1. The highest BCUT2D eigenvalue weighted by molar-refractivity contribution is 5.88. The molecule has 8 heteroatoms. The Labute approximate surface area is 176 Å². The summed E-state index contributed by atoms with van der Waals surface area (Å²) in [5.74, 6) is 0.779. The minimum Gasteiger partial charge on any atom is -0.379 e. The van der Waals surface area contributed by atoms with Crippen LogP contribution in [0.15, 0.2) is 42.7 Å². The first-order valence-electron chi connectivity index (χ1n) is 9.96. The number of carbonyl (C=O) groups is 1. The lowest BCUT2D eigenvalue weighted by atomic mass is 10.1.